The molecule has 0 radical (unpaired) electrons. The molecular weight excluding hydrogens is 611 g/mol. The average molecular weight is 636 g/mol. The number of hydrogen-bond acceptors (Lipinski definition) is 3. The van der Waals surface area contributed by atoms with Gasteiger partial charge in [0.15, 0.2) is 0 Å². The van der Waals surface area contributed by atoms with Gasteiger partial charge < -0.3 is 9.13 Å². The van der Waals surface area contributed by atoms with Crippen LogP contribution in [0.2, 0.25) is 0 Å². The summed E-state index contributed by atoms with van der Waals surface area (Å²) in [5, 5.41) is 34.6. The van der Waals surface area contributed by atoms with Crippen molar-refractivity contribution in [3.63, 3.8) is 0 Å². The summed E-state index contributed by atoms with van der Waals surface area (Å²) < 4.78 is 4.35. The van der Waals surface area contributed by atoms with Crippen LogP contribution in [0.4, 0.5) is 0 Å². The first kappa shape index (κ1) is 28.8. The Bertz CT molecular complexity index is 2900. The Morgan fingerprint density at radius 3 is 1.56 bits per heavy atom. The van der Waals surface area contributed by atoms with Crippen LogP contribution < -0.4 is 0 Å². The third-order valence-corrected chi connectivity index (χ3v) is 9.65. The van der Waals surface area contributed by atoms with Gasteiger partial charge >= 0.3 is 0 Å². The number of aromatic nitrogens is 2. The van der Waals surface area contributed by atoms with E-state index >= 15 is 0 Å². The molecule has 0 aliphatic heterocycles. The van der Waals surface area contributed by atoms with Crippen LogP contribution in [0.1, 0.15) is 16.7 Å². The van der Waals surface area contributed by atoms with Crippen LogP contribution in [0.5, 0.6) is 0 Å². The van der Waals surface area contributed by atoms with E-state index in [1.807, 2.05) is 84.9 Å². The Hall–Kier alpha value is -7.39. The SMILES string of the molecule is N#Cc1ccc2c(c1)c1ccccc1n2-c1c(C#N)cccc1-c1ccc(-c2ccc(-n3c4ccccc4c4ccccc43)cc2C#N)cc1. The maximum Gasteiger partial charge on any atom is 0.101 e. The molecule has 9 rings (SSSR count). The molecule has 0 atom stereocenters. The van der Waals surface area contributed by atoms with Crippen LogP contribution in [0, 0.1) is 34.0 Å². The molecule has 0 amide bonds. The largest absolute Gasteiger partial charge is 0.309 e. The van der Waals surface area contributed by atoms with Crippen molar-refractivity contribution in [2.24, 2.45) is 0 Å². The lowest BCUT2D eigenvalue weighted by Gasteiger charge is -2.16. The molecule has 2 aromatic heterocycles. The topological polar surface area (TPSA) is 81.2 Å². The van der Waals surface area contributed by atoms with Gasteiger partial charge in [-0.25, -0.2) is 0 Å². The molecular formula is C45H25N5. The molecule has 0 unspecified atom stereocenters. The van der Waals surface area contributed by atoms with Crippen LogP contribution in [0.15, 0.2) is 152 Å². The Morgan fingerprint density at radius 1 is 0.380 bits per heavy atom. The molecule has 230 valence electrons. The van der Waals surface area contributed by atoms with Gasteiger partial charge in [-0.15, -0.1) is 0 Å². The smallest absolute Gasteiger partial charge is 0.101 e. The maximum absolute atomic E-state index is 10.4. The fourth-order valence-electron chi connectivity index (χ4n) is 7.44. The van der Waals surface area contributed by atoms with Gasteiger partial charge in [0.05, 0.1) is 56.6 Å². The molecule has 50 heavy (non-hydrogen) atoms. The maximum atomic E-state index is 10.4. The fourth-order valence-corrected chi connectivity index (χ4v) is 7.44. The molecule has 0 fully saturated rings. The summed E-state index contributed by atoms with van der Waals surface area (Å²) in [6, 6.07) is 57.7. The molecule has 2 heterocycles. The zero-order chi connectivity index (χ0) is 33.8. The molecule has 7 aromatic carbocycles. The predicted octanol–water partition coefficient (Wildman–Crippen LogP) is 10.8. The summed E-state index contributed by atoms with van der Waals surface area (Å²) in [5.74, 6) is 0. The Balaban J connectivity index is 1.17. The third kappa shape index (κ3) is 4.31. The first-order chi connectivity index (χ1) is 24.7. The molecule has 5 heteroatoms. The van der Waals surface area contributed by atoms with Gasteiger partial charge in [0.2, 0.25) is 0 Å². The normalized spacial score (nSPS) is 11.1. The van der Waals surface area contributed by atoms with Crippen LogP contribution in [-0.4, -0.2) is 9.13 Å². The molecule has 0 saturated carbocycles. The molecule has 0 aliphatic carbocycles. The van der Waals surface area contributed by atoms with Crippen molar-refractivity contribution < 1.29 is 0 Å². The highest BCUT2D eigenvalue weighted by molar-refractivity contribution is 6.11. The number of nitrogens with zero attached hydrogens (tertiary/aromatic N) is 5. The Kier molecular flexibility index (Phi) is 6.56. The van der Waals surface area contributed by atoms with E-state index < -0.39 is 0 Å². The van der Waals surface area contributed by atoms with Crippen molar-refractivity contribution in [3.05, 3.63) is 168 Å². The molecule has 0 spiro atoms. The van der Waals surface area contributed by atoms with Gasteiger partial charge in [-0.2, -0.15) is 15.8 Å². The van der Waals surface area contributed by atoms with Crippen LogP contribution >= 0.6 is 0 Å². The minimum atomic E-state index is 0.547. The number of para-hydroxylation sites is 4. The van der Waals surface area contributed by atoms with E-state index in [4.69, 9.17) is 0 Å². The van der Waals surface area contributed by atoms with Gasteiger partial charge in [0.1, 0.15) is 6.07 Å². The van der Waals surface area contributed by atoms with Gasteiger partial charge in [-0.1, -0.05) is 97.1 Å². The highest BCUT2D eigenvalue weighted by atomic mass is 15.0. The van der Waals surface area contributed by atoms with Gasteiger partial charge in [0, 0.05) is 32.8 Å². The zero-order valence-electron chi connectivity index (χ0n) is 26.7. The second kappa shape index (κ2) is 11.4. The molecule has 5 nitrogen and oxygen atoms in total. The zero-order valence-corrected chi connectivity index (χ0v) is 26.7. The number of rotatable bonds is 4. The minimum absolute atomic E-state index is 0.547. The van der Waals surface area contributed by atoms with E-state index in [0.29, 0.717) is 16.7 Å². The number of fused-ring (bicyclic) bond motifs is 6. The van der Waals surface area contributed by atoms with Crippen molar-refractivity contribution in [2.45, 2.75) is 0 Å². The summed E-state index contributed by atoms with van der Waals surface area (Å²) in [4.78, 5) is 0. The summed E-state index contributed by atoms with van der Waals surface area (Å²) in [6.07, 6.45) is 0. The highest BCUT2D eigenvalue weighted by Gasteiger charge is 2.20. The molecule has 0 N–H and O–H groups in total. The van der Waals surface area contributed by atoms with Gasteiger partial charge in [-0.3, -0.25) is 0 Å². The monoisotopic (exact) mass is 635 g/mol. The summed E-state index contributed by atoms with van der Waals surface area (Å²) in [5.41, 5.74) is 11.2. The van der Waals surface area contributed by atoms with Gasteiger partial charge in [0.25, 0.3) is 0 Å². The number of hydrogen-bond donors (Lipinski definition) is 0. The first-order valence-electron chi connectivity index (χ1n) is 16.3. The average Bonchev–Trinajstić information content (AvgIpc) is 3.70. The van der Waals surface area contributed by atoms with E-state index in [1.165, 1.54) is 10.8 Å². The predicted molar refractivity (Wildman–Crippen MR) is 200 cm³/mol. The van der Waals surface area contributed by atoms with Crippen LogP contribution in [0.3, 0.4) is 0 Å². The molecule has 9 aromatic rings. The van der Waals surface area contributed by atoms with E-state index in [0.717, 1.165) is 66.5 Å². The lowest BCUT2D eigenvalue weighted by atomic mass is 9.95. The van der Waals surface area contributed by atoms with E-state index in [-0.39, 0.29) is 0 Å². The second-order valence-corrected chi connectivity index (χ2v) is 12.3. The summed E-state index contributed by atoms with van der Waals surface area (Å²) in [6.45, 7) is 0. The third-order valence-electron chi connectivity index (χ3n) is 9.65. The molecule has 0 saturated heterocycles. The summed E-state index contributed by atoms with van der Waals surface area (Å²) in [7, 11) is 0. The number of benzene rings is 7. The summed E-state index contributed by atoms with van der Waals surface area (Å²) >= 11 is 0. The van der Waals surface area contributed by atoms with Crippen LogP contribution in [-0.2, 0) is 0 Å². The Morgan fingerprint density at radius 2 is 0.940 bits per heavy atom. The highest BCUT2D eigenvalue weighted by Crippen LogP contribution is 2.39. The standard InChI is InChI=1S/C45H25N5/c46-26-29-16-23-44-40(24-29)39-11-3-6-15-43(39)50(44)45-32(27-47)8-7-12-36(45)31-19-17-30(18-20-31)35-22-21-34(25-33(35)28-48)49-41-13-4-1-9-37(41)38-10-2-5-14-42(38)49/h1-25H. The number of nitriles is 3. The van der Waals surface area contributed by atoms with E-state index in [1.54, 1.807) is 0 Å². The minimum Gasteiger partial charge on any atom is -0.309 e. The lowest BCUT2D eigenvalue weighted by molar-refractivity contribution is 1.17. The van der Waals surface area contributed by atoms with Crippen molar-refractivity contribution >= 4 is 43.6 Å². The van der Waals surface area contributed by atoms with Crippen molar-refractivity contribution in [2.75, 3.05) is 0 Å². The van der Waals surface area contributed by atoms with E-state index in [9.17, 15) is 15.8 Å². The van der Waals surface area contributed by atoms with Crippen molar-refractivity contribution in [1.29, 1.82) is 15.8 Å². The van der Waals surface area contributed by atoms with Crippen LogP contribution in [0.25, 0.3) is 77.2 Å². The Labute approximate surface area is 287 Å². The van der Waals surface area contributed by atoms with Gasteiger partial charge in [-0.05, 0) is 71.3 Å². The van der Waals surface area contributed by atoms with Crippen molar-refractivity contribution in [1.82, 2.24) is 9.13 Å². The first-order valence-corrected chi connectivity index (χ1v) is 16.3. The molecule has 0 bridgehead atoms. The second-order valence-electron chi connectivity index (χ2n) is 12.3. The van der Waals surface area contributed by atoms with Crippen molar-refractivity contribution in [3.8, 4) is 51.8 Å². The molecule has 0 aliphatic rings. The fraction of sp³-hybridized carbons (Fsp3) is 0. The lowest BCUT2D eigenvalue weighted by Crippen LogP contribution is -2.01. The van der Waals surface area contributed by atoms with E-state index in [2.05, 4.69) is 94.1 Å². The quantitative estimate of drug-likeness (QED) is 0.193.